The first-order chi connectivity index (χ1) is 10.4. The van der Waals surface area contributed by atoms with Gasteiger partial charge in [0, 0.05) is 10.9 Å². The Morgan fingerprint density at radius 1 is 1.14 bits per heavy atom. The number of aromatic amines is 1. The van der Waals surface area contributed by atoms with E-state index in [2.05, 4.69) is 22.3 Å². The minimum atomic E-state index is -0.568. The third-order valence-corrected chi connectivity index (χ3v) is 4.02. The number of nitrogens with zero attached hydrogens (tertiary/aromatic N) is 1. The van der Waals surface area contributed by atoms with Gasteiger partial charge in [0.05, 0.1) is 17.8 Å². The number of aromatic nitrogens is 2. The maximum Gasteiger partial charge on any atom is 0.0775 e. The lowest BCUT2D eigenvalue weighted by molar-refractivity contribution is 0.201. The van der Waals surface area contributed by atoms with E-state index in [4.69, 9.17) is 5.73 Å². The zero-order valence-electron chi connectivity index (χ0n) is 13.1. The Morgan fingerprint density at radius 3 is 2.41 bits per heavy atom. The molecule has 4 nitrogen and oxygen atoms in total. The maximum absolute atomic E-state index is 10.2. The van der Waals surface area contributed by atoms with Gasteiger partial charge < -0.3 is 10.8 Å². The number of fused-ring (bicyclic) bond motifs is 1. The molecule has 22 heavy (non-hydrogen) atoms. The molecule has 1 unspecified atom stereocenters. The van der Waals surface area contributed by atoms with E-state index in [9.17, 15) is 5.11 Å². The lowest BCUT2D eigenvalue weighted by Crippen LogP contribution is -2.28. The van der Waals surface area contributed by atoms with E-state index >= 15 is 0 Å². The molecule has 4 N–H and O–H groups in total. The summed E-state index contributed by atoms with van der Waals surface area (Å²) in [6, 6.07) is 12.2. The molecule has 3 aromatic rings. The van der Waals surface area contributed by atoms with Crippen molar-refractivity contribution in [3.63, 3.8) is 0 Å². The smallest absolute Gasteiger partial charge is 0.0775 e. The first-order valence-electron chi connectivity index (χ1n) is 7.42. The van der Waals surface area contributed by atoms with Gasteiger partial charge in [-0.2, -0.15) is 5.10 Å². The lowest BCUT2D eigenvalue weighted by atomic mass is 9.90. The van der Waals surface area contributed by atoms with Gasteiger partial charge >= 0.3 is 0 Å². The molecule has 0 aliphatic rings. The molecular weight excluding hydrogens is 274 g/mol. The van der Waals surface area contributed by atoms with Crippen molar-refractivity contribution >= 4 is 10.9 Å². The molecule has 1 atom stereocenters. The normalized spacial score (nSPS) is 13.5. The Morgan fingerprint density at radius 2 is 1.82 bits per heavy atom. The van der Waals surface area contributed by atoms with Crippen molar-refractivity contribution in [3.05, 3.63) is 53.7 Å². The number of hydrogen-bond acceptors (Lipinski definition) is 3. The van der Waals surface area contributed by atoms with Crippen LogP contribution in [-0.2, 0) is 5.54 Å². The molecule has 0 bridgehead atoms. The molecule has 0 aliphatic carbocycles. The fourth-order valence-electron chi connectivity index (χ4n) is 2.82. The van der Waals surface area contributed by atoms with E-state index in [-0.39, 0.29) is 5.54 Å². The molecule has 1 aromatic heterocycles. The van der Waals surface area contributed by atoms with Crippen LogP contribution in [0.1, 0.15) is 38.0 Å². The standard InChI is InChI=1S/C18H21N3O/c1-11(22)17-14(8-9-16-15(17)10-20-21-16)12-4-6-13(7-5-12)18(2,3)19/h4-11,22H,19H2,1-3H3,(H,20,21). The molecule has 0 amide bonds. The van der Waals surface area contributed by atoms with Crippen LogP contribution in [0.2, 0.25) is 0 Å². The van der Waals surface area contributed by atoms with Crippen LogP contribution in [0, 0.1) is 0 Å². The van der Waals surface area contributed by atoms with E-state index in [0.717, 1.165) is 33.2 Å². The van der Waals surface area contributed by atoms with Crippen LogP contribution >= 0.6 is 0 Å². The van der Waals surface area contributed by atoms with Gasteiger partial charge in [-0.3, -0.25) is 5.10 Å². The third kappa shape index (κ3) is 2.51. The molecule has 0 fully saturated rings. The van der Waals surface area contributed by atoms with Crippen LogP contribution in [0.25, 0.3) is 22.0 Å². The van der Waals surface area contributed by atoms with Gasteiger partial charge in [0.25, 0.3) is 0 Å². The Hall–Kier alpha value is -2.17. The van der Waals surface area contributed by atoms with E-state index in [1.807, 2.05) is 38.1 Å². The summed E-state index contributed by atoms with van der Waals surface area (Å²) < 4.78 is 0. The number of H-pyrrole nitrogens is 1. The monoisotopic (exact) mass is 295 g/mol. The van der Waals surface area contributed by atoms with E-state index in [1.165, 1.54) is 0 Å². The summed E-state index contributed by atoms with van der Waals surface area (Å²) in [5.74, 6) is 0. The highest BCUT2D eigenvalue weighted by Crippen LogP contribution is 2.34. The number of nitrogens with one attached hydrogen (secondary N) is 1. The number of nitrogens with two attached hydrogens (primary N) is 1. The molecule has 0 aliphatic heterocycles. The minimum absolute atomic E-state index is 0.361. The summed E-state index contributed by atoms with van der Waals surface area (Å²) in [7, 11) is 0. The van der Waals surface area contributed by atoms with Gasteiger partial charge in [-0.15, -0.1) is 0 Å². The predicted molar refractivity (Wildman–Crippen MR) is 89.4 cm³/mol. The number of benzene rings is 2. The highest BCUT2D eigenvalue weighted by molar-refractivity contribution is 5.89. The number of rotatable bonds is 3. The van der Waals surface area contributed by atoms with E-state index in [1.54, 1.807) is 13.1 Å². The third-order valence-electron chi connectivity index (χ3n) is 4.02. The number of aliphatic hydroxyl groups is 1. The Balaban J connectivity index is 2.15. The van der Waals surface area contributed by atoms with Crippen LogP contribution in [0.3, 0.4) is 0 Å². The fourth-order valence-corrected chi connectivity index (χ4v) is 2.82. The second-order valence-corrected chi connectivity index (χ2v) is 6.33. The van der Waals surface area contributed by atoms with Crippen LogP contribution in [0.4, 0.5) is 0 Å². The Labute approximate surface area is 130 Å². The molecule has 2 aromatic carbocycles. The summed E-state index contributed by atoms with van der Waals surface area (Å²) in [6.07, 6.45) is 1.19. The zero-order chi connectivity index (χ0) is 15.9. The van der Waals surface area contributed by atoms with Crippen LogP contribution in [0.5, 0.6) is 0 Å². The van der Waals surface area contributed by atoms with Gasteiger partial charge in [-0.05, 0) is 49.1 Å². The maximum atomic E-state index is 10.2. The van der Waals surface area contributed by atoms with Crippen molar-refractivity contribution in [1.82, 2.24) is 10.2 Å². The molecule has 3 rings (SSSR count). The first-order valence-corrected chi connectivity index (χ1v) is 7.42. The lowest BCUT2D eigenvalue weighted by Gasteiger charge is -2.20. The van der Waals surface area contributed by atoms with Crippen molar-refractivity contribution in [2.75, 3.05) is 0 Å². The summed E-state index contributed by atoms with van der Waals surface area (Å²) >= 11 is 0. The minimum Gasteiger partial charge on any atom is -0.389 e. The fraction of sp³-hybridized carbons (Fsp3) is 0.278. The van der Waals surface area contributed by atoms with E-state index < -0.39 is 6.10 Å². The quantitative estimate of drug-likeness (QED) is 0.692. The van der Waals surface area contributed by atoms with Crippen molar-refractivity contribution in [2.24, 2.45) is 5.73 Å². The Bertz CT molecular complexity index is 795. The van der Waals surface area contributed by atoms with Gasteiger partial charge in [-0.25, -0.2) is 0 Å². The Kier molecular flexibility index (Phi) is 3.51. The van der Waals surface area contributed by atoms with Gasteiger partial charge in [0.2, 0.25) is 0 Å². The highest BCUT2D eigenvalue weighted by Gasteiger charge is 2.17. The number of aliphatic hydroxyl groups excluding tert-OH is 1. The first kappa shape index (κ1) is 14.8. The van der Waals surface area contributed by atoms with Crippen LogP contribution in [0.15, 0.2) is 42.6 Å². The van der Waals surface area contributed by atoms with Crippen molar-refractivity contribution in [1.29, 1.82) is 0 Å². The zero-order valence-corrected chi connectivity index (χ0v) is 13.1. The summed E-state index contributed by atoms with van der Waals surface area (Å²) in [5, 5.41) is 18.2. The number of hydrogen-bond donors (Lipinski definition) is 3. The van der Waals surface area contributed by atoms with Gasteiger partial charge in [0.15, 0.2) is 0 Å². The van der Waals surface area contributed by atoms with Crippen molar-refractivity contribution < 1.29 is 5.11 Å². The second kappa shape index (κ2) is 5.23. The summed E-state index contributed by atoms with van der Waals surface area (Å²) in [6.45, 7) is 5.75. The average Bonchev–Trinajstić information content (AvgIpc) is 2.93. The predicted octanol–water partition coefficient (Wildman–Crippen LogP) is 3.48. The topological polar surface area (TPSA) is 74.9 Å². The molecule has 4 heteroatoms. The highest BCUT2D eigenvalue weighted by atomic mass is 16.3. The molecule has 0 spiro atoms. The van der Waals surface area contributed by atoms with Crippen LogP contribution in [-0.4, -0.2) is 15.3 Å². The molecule has 114 valence electrons. The second-order valence-electron chi connectivity index (χ2n) is 6.33. The van der Waals surface area contributed by atoms with Crippen molar-refractivity contribution in [3.8, 4) is 11.1 Å². The van der Waals surface area contributed by atoms with E-state index in [0.29, 0.717) is 0 Å². The molecule has 1 heterocycles. The molecular formula is C18H21N3O. The molecule has 0 saturated heterocycles. The average molecular weight is 295 g/mol. The molecule has 0 radical (unpaired) electrons. The summed E-state index contributed by atoms with van der Waals surface area (Å²) in [4.78, 5) is 0. The molecule has 0 saturated carbocycles. The van der Waals surface area contributed by atoms with Gasteiger partial charge in [0.1, 0.15) is 0 Å². The van der Waals surface area contributed by atoms with Crippen molar-refractivity contribution in [2.45, 2.75) is 32.4 Å². The summed E-state index contributed by atoms with van der Waals surface area (Å²) in [5.41, 5.74) is 10.8. The SMILES string of the molecule is CC(O)c1c(-c2ccc(C(C)(C)N)cc2)ccc2[nH]ncc12. The van der Waals surface area contributed by atoms with Gasteiger partial charge in [-0.1, -0.05) is 30.3 Å². The van der Waals surface area contributed by atoms with Crippen LogP contribution < -0.4 is 5.73 Å². The largest absolute Gasteiger partial charge is 0.389 e.